The monoisotopic (exact) mass is 271 g/mol. The van der Waals surface area contributed by atoms with Crippen LogP contribution in [0.15, 0.2) is 18.2 Å². The third-order valence-electron chi connectivity index (χ3n) is 2.29. The fourth-order valence-electron chi connectivity index (χ4n) is 1.64. The van der Waals surface area contributed by atoms with Crippen LogP contribution in [0.3, 0.4) is 0 Å². The molecule has 1 rings (SSSR count). The molecule has 1 aromatic carbocycles. The van der Waals surface area contributed by atoms with Crippen LogP contribution in [0.1, 0.15) is 12.5 Å². The molecule has 0 spiro atoms. The van der Waals surface area contributed by atoms with E-state index in [1.165, 1.54) is 0 Å². The van der Waals surface area contributed by atoms with E-state index in [2.05, 4.69) is 17.1 Å². The van der Waals surface area contributed by atoms with E-state index < -0.39 is 0 Å². The van der Waals surface area contributed by atoms with E-state index in [1.807, 2.05) is 26.2 Å². The molecule has 3 nitrogen and oxygen atoms in total. The number of likely N-dealkylation sites (N-methyl/N-ethyl adjacent to an activating group) is 1. The Hall–Kier alpha value is -0.840. The van der Waals surface area contributed by atoms with Gasteiger partial charge in [-0.3, -0.25) is 0 Å². The van der Waals surface area contributed by atoms with Crippen LogP contribution in [-0.4, -0.2) is 36.6 Å². The molecule has 0 saturated heterocycles. The van der Waals surface area contributed by atoms with Gasteiger partial charge in [0.05, 0.1) is 10.7 Å². The maximum absolute atomic E-state index is 6.16. The molecule has 3 N–H and O–H groups in total. The molecule has 0 radical (unpaired) electrons. The van der Waals surface area contributed by atoms with Crippen LogP contribution in [0.2, 0.25) is 5.02 Å². The van der Waals surface area contributed by atoms with Crippen molar-refractivity contribution < 1.29 is 0 Å². The molecule has 0 amide bonds. The molecule has 0 saturated carbocycles. The van der Waals surface area contributed by atoms with E-state index in [4.69, 9.17) is 29.6 Å². The molecule has 0 bridgehead atoms. The van der Waals surface area contributed by atoms with E-state index in [1.54, 1.807) is 6.07 Å². The maximum Gasteiger partial charge on any atom is 0.104 e. The van der Waals surface area contributed by atoms with Gasteiger partial charge in [-0.25, -0.2) is 0 Å². The van der Waals surface area contributed by atoms with E-state index in [9.17, 15) is 0 Å². The molecule has 5 heteroatoms. The number of nitrogens with two attached hydrogens (primary N) is 1. The molecular formula is C12H18ClN3S. The maximum atomic E-state index is 6.16. The van der Waals surface area contributed by atoms with Crippen molar-refractivity contribution in [2.45, 2.75) is 13.0 Å². The van der Waals surface area contributed by atoms with Crippen LogP contribution in [-0.2, 0) is 0 Å². The van der Waals surface area contributed by atoms with Crippen molar-refractivity contribution in [2.75, 3.05) is 26.0 Å². The fraction of sp³-hybridized carbons (Fsp3) is 0.417. The lowest BCUT2D eigenvalue weighted by Gasteiger charge is -2.20. The van der Waals surface area contributed by atoms with Gasteiger partial charge in [0.15, 0.2) is 0 Å². The Kier molecular flexibility index (Phi) is 5.18. The van der Waals surface area contributed by atoms with Crippen molar-refractivity contribution in [1.82, 2.24) is 4.90 Å². The van der Waals surface area contributed by atoms with Crippen LogP contribution < -0.4 is 11.1 Å². The first kappa shape index (κ1) is 14.2. The number of benzene rings is 1. The molecule has 1 aromatic rings. The van der Waals surface area contributed by atoms with Gasteiger partial charge in [-0.1, -0.05) is 23.8 Å². The van der Waals surface area contributed by atoms with Crippen LogP contribution >= 0.6 is 23.8 Å². The van der Waals surface area contributed by atoms with E-state index >= 15 is 0 Å². The Morgan fingerprint density at radius 2 is 2.18 bits per heavy atom. The molecular weight excluding hydrogens is 254 g/mol. The highest BCUT2D eigenvalue weighted by Gasteiger charge is 2.07. The number of halogens is 1. The summed E-state index contributed by atoms with van der Waals surface area (Å²) >= 11 is 11.1. The fourth-order valence-corrected chi connectivity index (χ4v) is 2.01. The predicted octanol–water partition coefficient (Wildman–Crippen LogP) is 2.34. The lowest BCUT2D eigenvalue weighted by molar-refractivity contribution is 0.392. The Morgan fingerprint density at radius 1 is 1.53 bits per heavy atom. The SMILES string of the molecule is CC(CN(C)C)Nc1ccc(C(N)=S)cc1Cl. The van der Waals surface area contributed by atoms with Crippen molar-refractivity contribution >= 4 is 34.5 Å². The van der Waals surface area contributed by atoms with Crippen molar-refractivity contribution in [3.63, 3.8) is 0 Å². The normalized spacial score (nSPS) is 12.5. The Bertz CT molecular complexity index is 407. The summed E-state index contributed by atoms with van der Waals surface area (Å²) in [6.07, 6.45) is 0. The zero-order chi connectivity index (χ0) is 13.0. The molecule has 1 atom stereocenters. The number of thiocarbonyl (C=S) groups is 1. The average molecular weight is 272 g/mol. The summed E-state index contributed by atoms with van der Waals surface area (Å²) in [6.45, 7) is 3.05. The molecule has 0 fully saturated rings. The van der Waals surface area contributed by atoms with Crippen molar-refractivity contribution in [3.05, 3.63) is 28.8 Å². The van der Waals surface area contributed by atoms with Gasteiger partial charge in [-0.05, 0) is 39.2 Å². The Labute approximate surface area is 113 Å². The quantitative estimate of drug-likeness (QED) is 0.807. The standard InChI is InChI=1S/C12H18ClN3S/c1-8(7-16(2)3)15-11-5-4-9(12(14)17)6-10(11)13/h4-6,8,15H,7H2,1-3H3,(H2,14,17). The van der Waals surface area contributed by atoms with Gasteiger partial charge < -0.3 is 16.0 Å². The summed E-state index contributed by atoms with van der Waals surface area (Å²) in [5, 5.41) is 3.99. The van der Waals surface area contributed by atoms with Crippen molar-refractivity contribution in [2.24, 2.45) is 5.73 Å². The van der Waals surface area contributed by atoms with Gasteiger partial charge in [0.2, 0.25) is 0 Å². The Morgan fingerprint density at radius 3 is 2.65 bits per heavy atom. The summed E-state index contributed by atoms with van der Waals surface area (Å²) in [4.78, 5) is 2.48. The van der Waals surface area contributed by atoms with Gasteiger partial charge >= 0.3 is 0 Å². The summed E-state index contributed by atoms with van der Waals surface area (Å²) in [5.74, 6) is 0. The second-order valence-corrected chi connectivity index (χ2v) is 5.21. The molecule has 0 aliphatic rings. The zero-order valence-corrected chi connectivity index (χ0v) is 11.9. The molecule has 0 aromatic heterocycles. The minimum absolute atomic E-state index is 0.318. The summed E-state index contributed by atoms with van der Waals surface area (Å²) < 4.78 is 0. The summed E-state index contributed by atoms with van der Waals surface area (Å²) in [7, 11) is 4.07. The second kappa shape index (κ2) is 6.19. The lowest BCUT2D eigenvalue weighted by atomic mass is 10.2. The molecule has 1 unspecified atom stereocenters. The minimum atomic E-state index is 0.318. The third kappa shape index (κ3) is 4.50. The lowest BCUT2D eigenvalue weighted by Crippen LogP contribution is -2.29. The zero-order valence-electron chi connectivity index (χ0n) is 10.3. The number of hydrogen-bond acceptors (Lipinski definition) is 3. The number of rotatable bonds is 5. The molecule has 0 aliphatic carbocycles. The highest BCUT2D eigenvalue weighted by atomic mass is 35.5. The van der Waals surface area contributed by atoms with Crippen LogP contribution in [0.4, 0.5) is 5.69 Å². The number of nitrogens with zero attached hydrogens (tertiary/aromatic N) is 1. The molecule has 0 aliphatic heterocycles. The average Bonchev–Trinajstić information content (AvgIpc) is 2.19. The highest BCUT2D eigenvalue weighted by molar-refractivity contribution is 7.80. The van der Waals surface area contributed by atoms with E-state index in [0.717, 1.165) is 17.8 Å². The highest BCUT2D eigenvalue weighted by Crippen LogP contribution is 2.23. The van der Waals surface area contributed by atoms with Gasteiger partial charge in [-0.15, -0.1) is 0 Å². The minimum Gasteiger partial charge on any atom is -0.389 e. The topological polar surface area (TPSA) is 41.3 Å². The van der Waals surface area contributed by atoms with Gasteiger partial charge in [0.1, 0.15) is 4.99 Å². The number of hydrogen-bond donors (Lipinski definition) is 2. The van der Waals surface area contributed by atoms with Crippen molar-refractivity contribution in [3.8, 4) is 0 Å². The smallest absolute Gasteiger partial charge is 0.104 e. The van der Waals surface area contributed by atoms with Crippen molar-refractivity contribution in [1.29, 1.82) is 0 Å². The molecule has 17 heavy (non-hydrogen) atoms. The van der Waals surface area contributed by atoms with Crippen LogP contribution in [0, 0.1) is 0 Å². The van der Waals surface area contributed by atoms with Gasteiger partial charge in [0, 0.05) is 18.2 Å². The van der Waals surface area contributed by atoms with E-state index in [0.29, 0.717) is 16.1 Å². The van der Waals surface area contributed by atoms with Crippen LogP contribution in [0.25, 0.3) is 0 Å². The second-order valence-electron chi connectivity index (χ2n) is 4.37. The van der Waals surface area contributed by atoms with Gasteiger partial charge in [0.25, 0.3) is 0 Å². The largest absolute Gasteiger partial charge is 0.389 e. The predicted molar refractivity (Wildman–Crippen MR) is 79.0 cm³/mol. The molecule has 94 valence electrons. The van der Waals surface area contributed by atoms with E-state index in [-0.39, 0.29) is 0 Å². The first-order valence-corrected chi connectivity index (χ1v) is 6.19. The number of nitrogens with one attached hydrogen (secondary N) is 1. The first-order chi connectivity index (χ1) is 7.90. The molecule has 0 heterocycles. The number of anilines is 1. The summed E-state index contributed by atoms with van der Waals surface area (Å²) in [6, 6.07) is 5.88. The van der Waals surface area contributed by atoms with Crippen LogP contribution in [0.5, 0.6) is 0 Å². The first-order valence-electron chi connectivity index (χ1n) is 5.40. The summed E-state index contributed by atoms with van der Waals surface area (Å²) in [5.41, 5.74) is 7.24. The van der Waals surface area contributed by atoms with Gasteiger partial charge in [-0.2, -0.15) is 0 Å². The third-order valence-corrected chi connectivity index (χ3v) is 2.84. The Balaban J connectivity index is 2.75.